The Morgan fingerprint density at radius 1 is 1.13 bits per heavy atom. The Labute approximate surface area is 220 Å². The van der Waals surface area contributed by atoms with Gasteiger partial charge in [-0.25, -0.2) is 9.78 Å². The molecule has 4 heterocycles. The number of hydrogen-bond acceptors (Lipinski definition) is 6. The number of aliphatic carboxylic acids is 1. The zero-order valence-corrected chi connectivity index (χ0v) is 20.6. The lowest BCUT2D eigenvalue weighted by molar-refractivity contribution is -0.131. The fourth-order valence-corrected chi connectivity index (χ4v) is 5.02. The highest BCUT2D eigenvalue weighted by Crippen LogP contribution is 2.34. The SMILES string of the molecule is O=C(O)/C=C/c1cccc(-c2cnc(C3CCc4cc(-c5cc(Cl)ccc5-n5cnnn5)cc(=O)n43)[nH]2)c1. The molecule has 38 heavy (non-hydrogen) atoms. The number of pyridine rings is 1. The van der Waals surface area contributed by atoms with E-state index in [0.29, 0.717) is 17.3 Å². The van der Waals surface area contributed by atoms with Gasteiger partial charge in [0.2, 0.25) is 0 Å². The van der Waals surface area contributed by atoms with Gasteiger partial charge in [0.25, 0.3) is 5.56 Å². The van der Waals surface area contributed by atoms with Crippen molar-refractivity contribution in [3.8, 4) is 28.1 Å². The first-order valence-corrected chi connectivity index (χ1v) is 12.2. The number of aromatic amines is 1. The second-order valence-electron chi connectivity index (χ2n) is 8.89. The van der Waals surface area contributed by atoms with Crippen molar-refractivity contribution in [3.63, 3.8) is 0 Å². The molecule has 2 N–H and O–H groups in total. The van der Waals surface area contributed by atoms with Crippen LogP contribution in [0.25, 0.3) is 34.1 Å². The molecular formula is C27H20ClN7O3. The number of halogens is 1. The zero-order valence-electron chi connectivity index (χ0n) is 19.8. The highest BCUT2D eigenvalue weighted by molar-refractivity contribution is 6.31. The summed E-state index contributed by atoms with van der Waals surface area (Å²) in [6.07, 6.45) is 7.30. The van der Waals surface area contributed by atoms with Crippen molar-refractivity contribution < 1.29 is 9.90 Å². The number of aryl methyl sites for hydroxylation is 1. The monoisotopic (exact) mass is 525 g/mol. The van der Waals surface area contributed by atoms with Crippen LogP contribution in [0.2, 0.25) is 5.02 Å². The van der Waals surface area contributed by atoms with E-state index in [9.17, 15) is 9.59 Å². The third-order valence-electron chi connectivity index (χ3n) is 6.53. The molecule has 5 aromatic rings. The standard InChI is InChI=1S/C27H20ClN7O3/c28-19-5-7-23(34-15-30-32-33-34)21(13-19)18-11-20-6-8-24(35(20)25(36)12-18)27-29-14-22(31-27)17-3-1-2-16(10-17)4-9-26(37)38/h1-5,7,9-15,24H,6,8H2,(H,29,31)(H,37,38)/b9-4+. The lowest BCUT2D eigenvalue weighted by Crippen LogP contribution is -2.23. The third-order valence-corrected chi connectivity index (χ3v) is 6.76. The number of imidazole rings is 1. The Balaban J connectivity index is 1.34. The number of nitrogens with zero attached hydrogens (tertiary/aromatic N) is 6. The molecule has 2 aromatic carbocycles. The van der Waals surface area contributed by atoms with Gasteiger partial charge in [0.05, 0.1) is 23.6 Å². The first-order valence-electron chi connectivity index (χ1n) is 11.8. The van der Waals surface area contributed by atoms with Gasteiger partial charge in [-0.05, 0) is 70.8 Å². The molecule has 0 bridgehead atoms. The maximum Gasteiger partial charge on any atom is 0.328 e. The maximum atomic E-state index is 13.4. The second kappa shape index (κ2) is 9.56. The zero-order chi connectivity index (χ0) is 26.2. The van der Waals surface area contributed by atoms with Crippen LogP contribution >= 0.6 is 11.6 Å². The molecule has 1 aliphatic rings. The summed E-state index contributed by atoms with van der Waals surface area (Å²) in [4.78, 5) is 32.2. The van der Waals surface area contributed by atoms with Crippen LogP contribution in [-0.4, -0.2) is 45.8 Å². The highest BCUT2D eigenvalue weighted by Gasteiger charge is 2.28. The van der Waals surface area contributed by atoms with Crippen LogP contribution in [0.4, 0.5) is 0 Å². The quantitative estimate of drug-likeness (QED) is 0.318. The summed E-state index contributed by atoms with van der Waals surface area (Å²) in [6.45, 7) is 0. The molecule has 1 unspecified atom stereocenters. The lowest BCUT2D eigenvalue weighted by Gasteiger charge is -2.15. The van der Waals surface area contributed by atoms with E-state index in [1.54, 1.807) is 29.0 Å². The summed E-state index contributed by atoms with van der Waals surface area (Å²) in [6, 6.07) is 16.2. The highest BCUT2D eigenvalue weighted by atomic mass is 35.5. The summed E-state index contributed by atoms with van der Waals surface area (Å²) < 4.78 is 3.32. The van der Waals surface area contributed by atoms with Crippen LogP contribution in [0.1, 0.15) is 29.5 Å². The predicted octanol–water partition coefficient (Wildman–Crippen LogP) is 4.17. The van der Waals surface area contributed by atoms with Crippen LogP contribution in [0.15, 0.2) is 78.0 Å². The number of carboxylic acids is 1. The van der Waals surface area contributed by atoms with E-state index in [1.807, 2.05) is 36.4 Å². The van der Waals surface area contributed by atoms with E-state index in [1.165, 1.54) is 17.1 Å². The summed E-state index contributed by atoms with van der Waals surface area (Å²) in [7, 11) is 0. The molecule has 1 aliphatic heterocycles. The van der Waals surface area contributed by atoms with E-state index in [0.717, 1.165) is 51.8 Å². The topological polar surface area (TPSA) is 132 Å². The fraction of sp³-hybridized carbons (Fsp3) is 0.111. The molecule has 10 nitrogen and oxygen atoms in total. The van der Waals surface area contributed by atoms with Gasteiger partial charge >= 0.3 is 5.97 Å². The Morgan fingerprint density at radius 3 is 2.84 bits per heavy atom. The number of H-pyrrole nitrogens is 1. The Kier molecular flexibility index (Phi) is 5.93. The van der Waals surface area contributed by atoms with Gasteiger partial charge < -0.3 is 14.7 Å². The normalized spacial score (nSPS) is 14.7. The van der Waals surface area contributed by atoms with E-state index in [-0.39, 0.29) is 11.6 Å². The van der Waals surface area contributed by atoms with Gasteiger partial charge in [-0.1, -0.05) is 29.8 Å². The van der Waals surface area contributed by atoms with Crippen molar-refractivity contribution >= 4 is 23.6 Å². The average molecular weight is 526 g/mol. The lowest BCUT2D eigenvalue weighted by atomic mass is 10.0. The number of aromatic nitrogens is 7. The third kappa shape index (κ3) is 4.41. The van der Waals surface area contributed by atoms with Gasteiger partial charge in [0.15, 0.2) is 0 Å². The van der Waals surface area contributed by atoms with Gasteiger partial charge in [-0.15, -0.1) is 5.10 Å². The molecule has 0 amide bonds. The molecule has 1 atom stereocenters. The number of carboxylic acid groups (broad SMARTS) is 1. The minimum Gasteiger partial charge on any atom is -0.478 e. The number of tetrazole rings is 1. The predicted molar refractivity (Wildman–Crippen MR) is 141 cm³/mol. The number of benzene rings is 2. The van der Waals surface area contributed by atoms with Crippen molar-refractivity contribution in [2.24, 2.45) is 0 Å². The molecule has 0 aliphatic carbocycles. The Hall–Kier alpha value is -4.83. The van der Waals surface area contributed by atoms with Gasteiger partial charge in [0, 0.05) is 34.0 Å². The number of hydrogen-bond donors (Lipinski definition) is 2. The summed E-state index contributed by atoms with van der Waals surface area (Å²) in [5, 5.41) is 20.9. The van der Waals surface area contributed by atoms with Crippen LogP contribution in [-0.2, 0) is 11.2 Å². The largest absolute Gasteiger partial charge is 0.478 e. The number of rotatable bonds is 6. The maximum absolute atomic E-state index is 13.4. The number of carbonyl (C=O) groups is 1. The molecule has 6 rings (SSSR count). The summed E-state index contributed by atoms with van der Waals surface area (Å²) >= 11 is 6.30. The average Bonchev–Trinajstić information content (AvgIpc) is 3.68. The Morgan fingerprint density at radius 2 is 2.03 bits per heavy atom. The number of nitrogens with one attached hydrogen (secondary N) is 1. The molecule has 0 radical (unpaired) electrons. The summed E-state index contributed by atoms with van der Waals surface area (Å²) in [5.41, 5.74) is 5.39. The van der Waals surface area contributed by atoms with E-state index in [2.05, 4.69) is 25.5 Å². The van der Waals surface area contributed by atoms with Crippen molar-refractivity contribution in [1.29, 1.82) is 0 Å². The van der Waals surface area contributed by atoms with Gasteiger partial charge in [0.1, 0.15) is 12.2 Å². The Bertz CT molecular complexity index is 1750. The minimum atomic E-state index is -1.00. The van der Waals surface area contributed by atoms with E-state index >= 15 is 0 Å². The molecule has 0 saturated heterocycles. The molecule has 188 valence electrons. The van der Waals surface area contributed by atoms with Crippen LogP contribution in [0.5, 0.6) is 0 Å². The molecule has 0 fully saturated rings. The van der Waals surface area contributed by atoms with Crippen LogP contribution in [0, 0.1) is 0 Å². The van der Waals surface area contributed by atoms with Crippen LogP contribution < -0.4 is 5.56 Å². The molecule has 0 saturated carbocycles. The molecule has 11 heteroatoms. The summed E-state index contributed by atoms with van der Waals surface area (Å²) in [5.74, 6) is -0.313. The fourth-order valence-electron chi connectivity index (χ4n) is 4.85. The minimum absolute atomic E-state index is 0.138. The van der Waals surface area contributed by atoms with E-state index in [4.69, 9.17) is 16.7 Å². The first-order chi connectivity index (χ1) is 18.5. The van der Waals surface area contributed by atoms with Gasteiger partial charge in [-0.2, -0.15) is 4.68 Å². The van der Waals surface area contributed by atoms with E-state index < -0.39 is 5.97 Å². The molecular weight excluding hydrogens is 506 g/mol. The van der Waals surface area contributed by atoms with Crippen molar-refractivity contribution in [2.75, 3.05) is 0 Å². The van der Waals surface area contributed by atoms with Gasteiger partial charge in [-0.3, -0.25) is 4.79 Å². The van der Waals surface area contributed by atoms with Crippen molar-refractivity contribution in [1.82, 2.24) is 34.7 Å². The number of fused-ring (bicyclic) bond motifs is 1. The smallest absolute Gasteiger partial charge is 0.328 e. The van der Waals surface area contributed by atoms with Crippen LogP contribution in [0.3, 0.4) is 0 Å². The second-order valence-corrected chi connectivity index (χ2v) is 9.33. The van der Waals surface area contributed by atoms with Crippen molar-refractivity contribution in [3.05, 3.63) is 106 Å². The molecule has 0 spiro atoms. The molecule has 3 aromatic heterocycles. The van der Waals surface area contributed by atoms with Crippen molar-refractivity contribution in [2.45, 2.75) is 18.9 Å². The first kappa shape index (κ1) is 23.6.